The van der Waals surface area contributed by atoms with E-state index in [1.807, 2.05) is 32.0 Å². The van der Waals surface area contributed by atoms with Crippen molar-refractivity contribution < 1.29 is 4.74 Å². The Morgan fingerprint density at radius 3 is 2.65 bits per heavy atom. The van der Waals surface area contributed by atoms with Gasteiger partial charge in [0.15, 0.2) is 5.01 Å². The van der Waals surface area contributed by atoms with Crippen molar-refractivity contribution in [2.75, 3.05) is 0 Å². The largest absolute Gasteiger partial charge is 0.486 e. The zero-order chi connectivity index (χ0) is 16.4. The molecule has 3 aromatic rings. The Labute approximate surface area is 142 Å². The first kappa shape index (κ1) is 16.1. The molecule has 0 aliphatic rings. The summed E-state index contributed by atoms with van der Waals surface area (Å²) in [6.45, 7) is 6.40. The fraction of sp³-hybridized carbons (Fsp3) is 0.353. The van der Waals surface area contributed by atoms with Crippen LogP contribution in [0.15, 0.2) is 23.0 Å². The number of fused-ring (bicyclic) bond motifs is 1. The maximum absolute atomic E-state index is 12.0. The maximum Gasteiger partial charge on any atom is 0.236 e. The number of aromatic nitrogens is 2. The molecule has 0 fully saturated rings. The minimum Gasteiger partial charge on any atom is -0.486 e. The Bertz CT molecular complexity index is 899. The number of hydrogen-bond acceptors (Lipinski definition) is 6. The molecule has 0 aliphatic heterocycles. The summed E-state index contributed by atoms with van der Waals surface area (Å²) >= 11 is 2.86. The van der Waals surface area contributed by atoms with Crippen LogP contribution < -0.4 is 9.48 Å². The SMILES string of the molecule is CCCc1nnc(COc2ccc3c(C)c(C)c(=O)sc3c2)s1. The second kappa shape index (κ2) is 6.76. The summed E-state index contributed by atoms with van der Waals surface area (Å²) in [4.78, 5) is 12.0. The molecule has 0 unspecified atom stereocenters. The van der Waals surface area contributed by atoms with E-state index in [0.717, 1.165) is 49.8 Å². The molecule has 0 aliphatic carbocycles. The molecule has 6 heteroatoms. The second-order valence-corrected chi connectivity index (χ2v) is 7.59. The Balaban J connectivity index is 1.80. The quantitative estimate of drug-likeness (QED) is 0.692. The van der Waals surface area contributed by atoms with E-state index < -0.39 is 0 Å². The van der Waals surface area contributed by atoms with Gasteiger partial charge in [0, 0.05) is 16.7 Å². The topological polar surface area (TPSA) is 52.1 Å². The van der Waals surface area contributed by atoms with Gasteiger partial charge in [-0.2, -0.15) is 0 Å². The van der Waals surface area contributed by atoms with E-state index in [0.29, 0.717) is 6.61 Å². The fourth-order valence-corrected chi connectivity index (χ4v) is 4.20. The average Bonchev–Trinajstić information content (AvgIpc) is 2.98. The van der Waals surface area contributed by atoms with Crippen LogP contribution in [0.1, 0.15) is 34.5 Å². The third-order valence-corrected chi connectivity index (χ3v) is 5.77. The molecule has 0 saturated heterocycles. The first-order valence-corrected chi connectivity index (χ1v) is 9.20. The summed E-state index contributed by atoms with van der Waals surface area (Å²) in [5, 5.41) is 11.3. The number of hydrogen-bond donors (Lipinski definition) is 0. The molecule has 0 bridgehead atoms. The minimum atomic E-state index is 0.112. The monoisotopic (exact) mass is 346 g/mol. The fourth-order valence-electron chi connectivity index (χ4n) is 2.32. The highest BCUT2D eigenvalue weighted by molar-refractivity contribution is 7.16. The minimum absolute atomic E-state index is 0.112. The first-order valence-electron chi connectivity index (χ1n) is 7.56. The van der Waals surface area contributed by atoms with Crippen LogP contribution in [0.2, 0.25) is 0 Å². The van der Waals surface area contributed by atoms with Crippen LogP contribution in [0.3, 0.4) is 0 Å². The number of rotatable bonds is 5. The van der Waals surface area contributed by atoms with Gasteiger partial charge in [-0.25, -0.2) is 0 Å². The Morgan fingerprint density at radius 2 is 1.87 bits per heavy atom. The molecule has 0 amide bonds. The lowest BCUT2D eigenvalue weighted by atomic mass is 10.1. The van der Waals surface area contributed by atoms with Crippen LogP contribution in [-0.2, 0) is 13.0 Å². The van der Waals surface area contributed by atoms with Crippen molar-refractivity contribution >= 4 is 32.8 Å². The molecule has 2 aromatic heterocycles. The van der Waals surface area contributed by atoms with Crippen LogP contribution in [0, 0.1) is 13.8 Å². The Morgan fingerprint density at radius 1 is 1.09 bits per heavy atom. The molecule has 120 valence electrons. The van der Waals surface area contributed by atoms with Crippen molar-refractivity contribution in [1.82, 2.24) is 10.2 Å². The van der Waals surface area contributed by atoms with Gasteiger partial charge in [-0.05, 0) is 49.4 Å². The zero-order valence-corrected chi connectivity index (χ0v) is 15.0. The van der Waals surface area contributed by atoms with Gasteiger partial charge in [0.1, 0.15) is 17.4 Å². The van der Waals surface area contributed by atoms with Crippen molar-refractivity contribution in [3.05, 3.63) is 48.9 Å². The summed E-state index contributed by atoms with van der Waals surface area (Å²) in [7, 11) is 0. The highest BCUT2D eigenvalue weighted by atomic mass is 32.1. The van der Waals surface area contributed by atoms with Crippen molar-refractivity contribution in [3.8, 4) is 5.75 Å². The first-order chi connectivity index (χ1) is 11.1. The van der Waals surface area contributed by atoms with Gasteiger partial charge in [-0.3, -0.25) is 4.79 Å². The molecule has 0 spiro atoms. The summed E-state index contributed by atoms with van der Waals surface area (Å²) < 4.78 is 6.88. The van der Waals surface area contributed by atoms with Gasteiger partial charge < -0.3 is 4.74 Å². The van der Waals surface area contributed by atoms with Gasteiger partial charge in [0.25, 0.3) is 0 Å². The predicted octanol–water partition coefficient (Wildman–Crippen LogP) is 4.26. The lowest BCUT2D eigenvalue weighted by molar-refractivity contribution is 0.305. The molecular formula is C17H18N2O2S2. The van der Waals surface area contributed by atoms with E-state index in [2.05, 4.69) is 17.1 Å². The second-order valence-electron chi connectivity index (χ2n) is 5.43. The van der Waals surface area contributed by atoms with Crippen LogP contribution in [0.4, 0.5) is 0 Å². The number of aryl methyl sites for hydroxylation is 2. The standard InChI is InChI=1S/C17H18N2O2S2/c1-4-5-15-18-19-16(23-15)9-21-12-6-7-13-10(2)11(3)17(20)22-14(13)8-12/h6-8H,4-5,9H2,1-3H3. The molecule has 0 atom stereocenters. The average molecular weight is 346 g/mol. The van der Waals surface area contributed by atoms with E-state index in [1.165, 1.54) is 11.3 Å². The smallest absolute Gasteiger partial charge is 0.236 e. The normalized spacial score (nSPS) is 11.1. The van der Waals surface area contributed by atoms with Crippen molar-refractivity contribution in [2.24, 2.45) is 0 Å². The van der Waals surface area contributed by atoms with E-state index >= 15 is 0 Å². The summed E-state index contributed by atoms with van der Waals surface area (Å²) in [5.74, 6) is 0.753. The maximum atomic E-state index is 12.0. The molecule has 1 aromatic carbocycles. The van der Waals surface area contributed by atoms with Crippen molar-refractivity contribution in [1.29, 1.82) is 0 Å². The summed E-state index contributed by atoms with van der Waals surface area (Å²) in [6.07, 6.45) is 2.03. The van der Waals surface area contributed by atoms with Crippen molar-refractivity contribution in [3.63, 3.8) is 0 Å². The Hall–Kier alpha value is -1.79. The number of ether oxygens (including phenoxy) is 1. The van der Waals surface area contributed by atoms with Gasteiger partial charge in [0.2, 0.25) is 4.74 Å². The highest BCUT2D eigenvalue weighted by Gasteiger charge is 2.08. The molecule has 0 radical (unpaired) electrons. The molecule has 0 saturated carbocycles. The van der Waals surface area contributed by atoms with Gasteiger partial charge in [-0.1, -0.05) is 29.6 Å². The van der Waals surface area contributed by atoms with Crippen LogP contribution in [-0.4, -0.2) is 10.2 Å². The third kappa shape index (κ3) is 3.43. The van der Waals surface area contributed by atoms with Crippen molar-refractivity contribution in [2.45, 2.75) is 40.2 Å². The van der Waals surface area contributed by atoms with Crippen LogP contribution in [0.25, 0.3) is 10.1 Å². The van der Waals surface area contributed by atoms with Crippen LogP contribution >= 0.6 is 22.7 Å². The molecule has 3 rings (SSSR count). The predicted molar refractivity (Wildman–Crippen MR) is 95.8 cm³/mol. The lowest BCUT2D eigenvalue weighted by Gasteiger charge is -2.07. The molecule has 4 nitrogen and oxygen atoms in total. The van der Waals surface area contributed by atoms with E-state index in [9.17, 15) is 4.79 Å². The lowest BCUT2D eigenvalue weighted by Crippen LogP contribution is -2.02. The Kier molecular flexibility index (Phi) is 4.73. The summed E-state index contributed by atoms with van der Waals surface area (Å²) in [6, 6.07) is 5.90. The van der Waals surface area contributed by atoms with Gasteiger partial charge >= 0.3 is 0 Å². The number of nitrogens with zero attached hydrogens (tertiary/aromatic N) is 2. The molecule has 23 heavy (non-hydrogen) atoms. The van der Waals surface area contributed by atoms with Crippen LogP contribution in [0.5, 0.6) is 5.75 Å². The van der Waals surface area contributed by atoms with E-state index in [4.69, 9.17) is 4.74 Å². The van der Waals surface area contributed by atoms with Gasteiger partial charge in [0.05, 0.1) is 0 Å². The summed E-state index contributed by atoms with van der Waals surface area (Å²) in [5.41, 5.74) is 1.87. The van der Waals surface area contributed by atoms with E-state index in [1.54, 1.807) is 11.3 Å². The van der Waals surface area contributed by atoms with Gasteiger partial charge in [-0.15, -0.1) is 10.2 Å². The zero-order valence-electron chi connectivity index (χ0n) is 13.4. The highest BCUT2D eigenvalue weighted by Crippen LogP contribution is 2.27. The third-order valence-electron chi connectivity index (χ3n) is 3.76. The number of benzene rings is 1. The molecule has 0 N–H and O–H groups in total. The molecule has 2 heterocycles. The van der Waals surface area contributed by atoms with E-state index in [-0.39, 0.29) is 4.74 Å². The molecular weight excluding hydrogens is 328 g/mol.